The minimum atomic E-state index is 0.783. The SMILES string of the molecule is c1ccc(-c2nc(Cc3cccc(-c4ccccn4)c3)cc3ccccc23)cc1. The van der Waals surface area contributed by atoms with Crippen LogP contribution in [0.3, 0.4) is 0 Å². The second-order valence-electron chi connectivity index (χ2n) is 7.14. The van der Waals surface area contributed by atoms with Crippen molar-refractivity contribution in [1.29, 1.82) is 0 Å². The predicted molar refractivity (Wildman–Crippen MR) is 120 cm³/mol. The first-order chi connectivity index (χ1) is 14.4. The van der Waals surface area contributed by atoms with Crippen LogP contribution in [0.4, 0.5) is 0 Å². The zero-order valence-corrected chi connectivity index (χ0v) is 16.0. The van der Waals surface area contributed by atoms with E-state index in [9.17, 15) is 0 Å². The van der Waals surface area contributed by atoms with Gasteiger partial charge in [0.1, 0.15) is 0 Å². The lowest BCUT2D eigenvalue weighted by Gasteiger charge is -2.11. The van der Waals surface area contributed by atoms with Crippen molar-refractivity contribution in [3.05, 3.63) is 121 Å². The van der Waals surface area contributed by atoms with E-state index in [1.807, 2.05) is 30.5 Å². The second kappa shape index (κ2) is 7.69. The van der Waals surface area contributed by atoms with Gasteiger partial charge in [-0.25, -0.2) is 0 Å². The highest BCUT2D eigenvalue weighted by molar-refractivity contribution is 5.94. The molecule has 3 aromatic carbocycles. The molecule has 29 heavy (non-hydrogen) atoms. The van der Waals surface area contributed by atoms with E-state index >= 15 is 0 Å². The van der Waals surface area contributed by atoms with Crippen LogP contribution in [0.25, 0.3) is 33.3 Å². The normalized spacial score (nSPS) is 10.9. The van der Waals surface area contributed by atoms with Crippen LogP contribution in [-0.2, 0) is 6.42 Å². The molecule has 2 heteroatoms. The lowest BCUT2D eigenvalue weighted by molar-refractivity contribution is 1.09. The average Bonchev–Trinajstić information content (AvgIpc) is 2.80. The van der Waals surface area contributed by atoms with E-state index in [-0.39, 0.29) is 0 Å². The van der Waals surface area contributed by atoms with E-state index in [0.29, 0.717) is 0 Å². The molecule has 0 aliphatic rings. The molecule has 0 saturated heterocycles. The monoisotopic (exact) mass is 372 g/mol. The number of hydrogen-bond donors (Lipinski definition) is 0. The summed E-state index contributed by atoms with van der Waals surface area (Å²) >= 11 is 0. The molecule has 0 unspecified atom stereocenters. The Balaban J connectivity index is 1.57. The van der Waals surface area contributed by atoms with Gasteiger partial charge < -0.3 is 0 Å². The van der Waals surface area contributed by atoms with Gasteiger partial charge >= 0.3 is 0 Å². The Kier molecular flexibility index (Phi) is 4.59. The molecule has 0 atom stereocenters. The minimum absolute atomic E-state index is 0.783. The molecule has 2 aromatic heterocycles. The predicted octanol–water partition coefficient (Wildman–Crippen LogP) is 6.55. The van der Waals surface area contributed by atoms with Gasteiger partial charge in [0.25, 0.3) is 0 Å². The van der Waals surface area contributed by atoms with Gasteiger partial charge in [0, 0.05) is 34.8 Å². The zero-order chi connectivity index (χ0) is 19.5. The number of aromatic nitrogens is 2. The molecule has 0 fully saturated rings. The summed E-state index contributed by atoms with van der Waals surface area (Å²) in [5.41, 5.74) is 6.61. The van der Waals surface area contributed by atoms with Crippen molar-refractivity contribution < 1.29 is 0 Å². The largest absolute Gasteiger partial charge is 0.256 e. The fraction of sp³-hybridized carbons (Fsp3) is 0.0370. The van der Waals surface area contributed by atoms with Crippen molar-refractivity contribution in [2.45, 2.75) is 6.42 Å². The summed E-state index contributed by atoms with van der Waals surface area (Å²) in [6, 6.07) is 35.7. The molecule has 5 rings (SSSR count). The topological polar surface area (TPSA) is 25.8 Å². The van der Waals surface area contributed by atoms with Gasteiger partial charge in [-0.3, -0.25) is 9.97 Å². The molecule has 0 spiro atoms. The highest BCUT2D eigenvalue weighted by Crippen LogP contribution is 2.28. The van der Waals surface area contributed by atoms with Gasteiger partial charge in [-0.1, -0.05) is 78.9 Å². The van der Waals surface area contributed by atoms with Crippen molar-refractivity contribution >= 4 is 10.8 Å². The third-order valence-corrected chi connectivity index (χ3v) is 5.11. The molecule has 0 aliphatic heterocycles. The highest BCUT2D eigenvalue weighted by atomic mass is 14.7. The Bertz CT molecular complexity index is 1260. The molecule has 0 radical (unpaired) electrons. The summed E-state index contributed by atoms with van der Waals surface area (Å²) in [7, 11) is 0. The Morgan fingerprint density at radius 2 is 1.41 bits per heavy atom. The van der Waals surface area contributed by atoms with Gasteiger partial charge in [-0.2, -0.15) is 0 Å². The highest BCUT2D eigenvalue weighted by Gasteiger charge is 2.09. The lowest BCUT2D eigenvalue weighted by Crippen LogP contribution is -1.96. The summed E-state index contributed by atoms with van der Waals surface area (Å²) in [6.45, 7) is 0. The maximum atomic E-state index is 5.05. The summed E-state index contributed by atoms with van der Waals surface area (Å²) in [5.74, 6) is 0. The number of hydrogen-bond acceptors (Lipinski definition) is 2. The van der Waals surface area contributed by atoms with Crippen LogP contribution in [0.1, 0.15) is 11.3 Å². The van der Waals surface area contributed by atoms with Crippen LogP contribution in [0.15, 0.2) is 109 Å². The maximum absolute atomic E-state index is 5.05. The van der Waals surface area contributed by atoms with Crippen LogP contribution < -0.4 is 0 Å². The van der Waals surface area contributed by atoms with Crippen LogP contribution in [0.5, 0.6) is 0 Å². The molecular formula is C27H20N2. The summed E-state index contributed by atoms with van der Waals surface area (Å²) in [6.07, 6.45) is 2.62. The quantitative estimate of drug-likeness (QED) is 0.357. The van der Waals surface area contributed by atoms with E-state index < -0.39 is 0 Å². The smallest absolute Gasteiger partial charge is 0.0783 e. The zero-order valence-electron chi connectivity index (χ0n) is 16.0. The van der Waals surface area contributed by atoms with Crippen LogP contribution in [0.2, 0.25) is 0 Å². The number of pyridine rings is 2. The minimum Gasteiger partial charge on any atom is -0.256 e. The molecule has 0 saturated carbocycles. The van der Waals surface area contributed by atoms with Gasteiger partial charge in [0.15, 0.2) is 0 Å². The fourth-order valence-corrected chi connectivity index (χ4v) is 3.74. The standard InChI is InChI=1S/C27H20N2/c1-2-10-21(11-3-1)27-25-14-5-4-12-22(25)19-24(29-27)18-20-9-8-13-23(17-20)26-15-6-7-16-28-26/h1-17,19H,18H2. The molecule has 2 nitrogen and oxygen atoms in total. The van der Waals surface area contributed by atoms with Gasteiger partial charge in [0.05, 0.1) is 11.4 Å². The van der Waals surface area contributed by atoms with Crippen molar-refractivity contribution in [2.24, 2.45) is 0 Å². The number of benzene rings is 3. The van der Waals surface area contributed by atoms with Crippen LogP contribution in [0, 0.1) is 0 Å². The molecule has 0 bridgehead atoms. The maximum Gasteiger partial charge on any atom is 0.0783 e. The second-order valence-corrected chi connectivity index (χ2v) is 7.14. The molecule has 0 amide bonds. The first-order valence-corrected chi connectivity index (χ1v) is 9.81. The first kappa shape index (κ1) is 17.3. The van der Waals surface area contributed by atoms with E-state index in [4.69, 9.17) is 4.98 Å². The fourth-order valence-electron chi connectivity index (χ4n) is 3.74. The summed E-state index contributed by atoms with van der Waals surface area (Å²) in [4.78, 5) is 9.53. The van der Waals surface area contributed by atoms with Gasteiger partial charge in [-0.15, -0.1) is 0 Å². The Hall–Kier alpha value is -3.78. The molecule has 0 aliphatic carbocycles. The van der Waals surface area contributed by atoms with Gasteiger partial charge in [-0.05, 0) is 35.2 Å². The molecule has 0 N–H and O–H groups in total. The number of nitrogens with zero attached hydrogens (tertiary/aromatic N) is 2. The van der Waals surface area contributed by atoms with E-state index in [0.717, 1.165) is 34.6 Å². The molecular weight excluding hydrogens is 352 g/mol. The molecule has 2 heterocycles. The lowest BCUT2D eigenvalue weighted by atomic mass is 10.00. The van der Waals surface area contributed by atoms with Crippen molar-refractivity contribution in [3.63, 3.8) is 0 Å². The number of fused-ring (bicyclic) bond motifs is 1. The van der Waals surface area contributed by atoms with Crippen molar-refractivity contribution in [2.75, 3.05) is 0 Å². The van der Waals surface area contributed by atoms with Crippen molar-refractivity contribution in [3.8, 4) is 22.5 Å². The summed E-state index contributed by atoms with van der Waals surface area (Å²) < 4.78 is 0. The number of rotatable bonds is 4. The molecule has 138 valence electrons. The van der Waals surface area contributed by atoms with Crippen LogP contribution >= 0.6 is 0 Å². The van der Waals surface area contributed by atoms with Crippen molar-refractivity contribution in [1.82, 2.24) is 9.97 Å². The Morgan fingerprint density at radius 3 is 2.28 bits per heavy atom. The third-order valence-electron chi connectivity index (χ3n) is 5.11. The average molecular weight is 372 g/mol. The third kappa shape index (κ3) is 3.65. The van der Waals surface area contributed by atoms with E-state index in [1.54, 1.807) is 0 Å². The molecule has 5 aromatic rings. The first-order valence-electron chi connectivity index (χ1n) is 9.81. The van der Waals surface area contributed by atoms with Gasteiger partial charge in [0.2, 0.25) is 0 Å². The van der Waals surface area contributed by atoms with E-state index in [2.05, 4.69) is 83.8 Å². The van der Waals surface area contributed by atoms with Crippen LogP contribution in [-0.4, -0.2) is 9.97 Å². The Morgan fingerprint density at radius 1 is 0.621 bits per heavy atom. The van der Waals surface area contributed by atoms with E-state index in [1.165, 1.54) is 16.3 Å². The Labute approximate surface area is 170 Å². The summed E-state index contributed by atoms with van der Waals surface area (Å²) in [5, 5.41) is 2.40.